The van der Waals surface area contributed by atoms with E-state index >= 15 is 0 Å². The van der Waals surface area contributed by atoms with E-state index in [4.69, 9.17) is 9.97 Å². The van der Waals surface area contributed by atoms with Crippen LogP contribution < -0.4 is 0 Å². The highest BCUT2D eigenvalue weighted by molar-refractivity contribution is 6.25. The standard InChI is InChI=1S/C42H28N2.C34H22N4/c1-3-13-29(14-4-1)31-17-11-19-33(27-31)43-39-23-9-7-21-35(39)37-25-26-38-36-22-8-10-24-40(36)44(42(38)41(37)43)34-20-12-18-32(28-34)30-15-5-2-6-16-30;1-3-11-23(12-4-1)24-21-35-34(36-22-24)38-31-18-10-8-16-27(31)29-20-19-28-26-15-7-9-17-30(26)37(32(28)33(29)38)25-13-5-2-6-14-25/h1-28H;1-22H. The fraction of sp³-hybridized carbons (Fsp3) is 0. The SMILES string of the molecule is c1ccc(-c2cccc(-n3c4ccccc4c4ccc5c6ccccc6n(-c6cccc(-c7ccccc7)c6)c5c43)c2)cc1.c1ccc(-c2cnc(-n3c4ccccc4c4ccc5c6ccccc6n(-c6ccccc6)c5c43)nc2)cc1. The fourth-order valence-corrected chi connectivity index (χ4v) is 12.7. The first-order chi connectivity index (χ1) is 40.7. The molecule has 17 rings (SSSR count). The summed E-state index contributed by atoms with van der Waals surface area (Å²) in [4.78, 5) is 9.81. The van der Waals surface area contributed by atoms with Crippen molar-refractivity contribution in [3.63, 3.8) is 0 Å². The van der Waals surface area contributed by atoms with E-state index in [1.165, 1.54) is 92.9 Å². The van der Waals surface area contributed by atoms with Gasteiger partial charge >= 0.3 is 0 Å². The van der Waals surface area contributed by atoms with Crippen LogP contribution in [-0.2, 0) is 0 Å². The first-order valence-corrected chi connectivity index (χ1v) is 27.9. The fourth-order valence-electron chi connectivity index (χ4n) is 12.7. The van der Waals surface area contributed by atoms with Gasteiger partial charge < -0.3 is 13.7 Å². The van der Waals surface area contributed by atoms with Crippen LogP contribution in [0.1, 0.15) is 0 Å². The van der Waals surface area contributed by atoms with Gasteiger partial charge in [0.05, 0.1) is 44.1 Å². The zero-order valence-electron chi connectivity index (χ0n) is 44.6. The molecule has 0 aliphatic heterocycles. The van der Waals surface area contributed by atoms with Crippen LogP contribution in [0.2, 0.25) is 0 Å². The quantitative estimate of drug-likeness (QED) is 0.160. The van der Waals surface area contributed by atoms with Gasteiger partial charge in [-0.25, -0.2) is 9.97 Å². The number of nitrogens with zero attached hydrogens (tertiary/aromatic N) is 6. The molecule has 0 aliphatic rings. The largest absolute Gasteiger partial charge is 0.307 e. The maximum Gasteiger partial charge on any atom is 0.234 e. The molecule has 0 spiro atoms. The van der Waals surface area contributed by atoms with Crippen LogP contribution in [0.4, 0.5) is 0 Å². The van der Waals surface area contributed by atoms with E-state index in [0.717, 1.165) is 44.7 Å². The Hall–Kier alpha value is -11.1. The van der Waals surface area contributed by atoms with Crippen molar-refractivity contribution in [2.75, 3.05) is 0 Å². The summed E-state index contributed by atoms with van der Waals surface area (Å²) >= 11 is 0. The third-order valence-electron chi connectivity index (χ3n) is 16.3. The maximum atomic E-state index is 4.90. The van der Waals surface area contributed by atoms with E-state index in [1.54, 1.807) is 0 Å². The molecule has 0 amide bonds. The summed E-state index contributed by atoms with van der Waals surface area (Å²) in [6.45, 7) is 0. The van der Waals surface area contributed by atoms with Gasteiger partial charge in [0, 0.05) is 78.1 Å². The van der Waals surface area contributed by atoms with Gasteiger partial charge in [-0.3, -0.25) is 4.57 Å². The Morgan fingerprint density at radius 2 is 0.476 bits per heavy atom. The van der Waals surface area contributed by atoms with Crippen molar-refractivity contribution in [1.29, 1.82) is 0 Å². The van der Waals surface area contributed by atoms with Crippen molar-refractivity contribution in [3.05, 3.63) is 304 Å². The molecule has 0 unspecified atom stereocenters. The van der Waals surface area contributed by atoms with Crippen LogP contribution in [0.3, 0.4) is 0 Å². The number of benzene rings is 12. The minimum absolute atomic E-state index is 0.660. The van der Waals surface area contributed by atoms with Crippen LogP contribution in [0.15, 0.2) is 304 Å². The second kappa shape index (κ2) is 19.4. The number of para-hydroxylation sites is 5. The van der Waals surface area contributed by atoms with Crippen LogP contribution >= 0.6 is 0 Å². The van der Waals surface area contributed by atoms with E-state index in [2.05, 4.69) is 291 Å². The molecule has 0 saturated heterocycles. The maximum absolute atomic E-state index is 4.90. The van der Waals surface area contributed by atoms with E-state index in [-0.39, 0.29) is 0 Å². The lowest BCUT2D eigenvalue weighted by Crippen LogP contribution is -2.02. The monoisotopic (exact) mass is 1050 g/mol. The van der Waals surface area contributed by atoms with Crippen molar-refractivity contribution in [2.45, 2.75) is 0 Å². The molecule has 0 N–H and O–H groups in total. The van der Waals surface area contributed by atoms with E-state index < -0.39 is 0 Å². The second-order valence-corrected chi connectivity index (χ2v) is 20.9. The lowest BCUT2D eigenvalue weighted by Gasteiger charge is -2.14. The molecule has 0 atom stereocenters. The first kappa shape index (κ1) is 47.0. The van der Waals surface area contributed by atoms with Crippen molar-refractivity contribution in [3.8, 4) is 56.4 Å². The summed E-state index contributed by atoms with van der Waals surface area (Å²) in [5.41, 5.74) is 19.8. The molecule has 384 valence electrons. The minimum atomic E-state index is 0.660. The Morgan fingerprint density at radius 1 is 0.195 bits per heavy atom. The first-order valence-electron chi connectivity index (χ1n) is 27.9. The zero-order valence-corrected chi connectivity index (χ0v) is 44.6. The number of aromatic nitrogens is 6. The predicted molar refractivity (Wildman–Crippen MR) is 342 cm³/mol. The molecular formula is C76H50N6. The van der Waals surface area contributed by atoms with Gasteiger partial charge in [0.1, 0.15) is 0 Å². The second-order valence-electron chi connectivity index (χ2n) is 20.9. The molecule has 0 aliphatic carbocycles. The molecule has 12 aromatic carbocycles. The summed E-state index contributed by atoms with van der Waals surface area (Å²) in [5.74, 6) is 0.660. The van der Waals surface area contributed by atoms with Crippen molar-refractivity contribution in [1.82, 2.24) is 28.2 Å². The van der Waals surface area contributed by atoms with Gasteiger partial charge in [-0.05, 0) is 88.5 Å². The molecule has 5 heterocycles. The number of hydrogen-bond donors (Lipinski definition) is 0. The lowest BCUT2D eigenvalue weighted by molar-refractivity contribution is 0.989. The van der Waals surface area contributed by atoms with Crippen molar-refractivity contribution in [2.24, 2.45) is 0 Å². The molecular weight excluding hydrogens is 997 g/mol. The predicted octanol–water partition coefficient (Wildman–Crippen LogP) is 19.6. The Morgan fingerprint density at radius 3 is 0.866 bits per heavy atom. The third kappa shape index (κ3) is 7.57. The van der Waals surface area contributed by atoms with E-state index in [9.17, 15) is 0 Å². The Bertz CT molecular complexity index is 5070. The normalized spacial score (nSPS) is 11.7. The molecule has 0 bridgehead atoms. The molecule has 5 aromatic heterocycles. The summed E-state index contributed by atoms with van der Waals surface area (Å²) in [5, 5.41) is 9.82. The van der Waals surface area contributed by atoms with Crippen LogP contribution in [0, 0.1) is 0 Å². The molecule has 0 radical (unpaired) electrons. The topological polar surface area (TPSA) is 45.5 Å². The van der Waals surface area contributed by atoms with Crippen LogP contribution in [0.25, 0.3) is 144 Å². The van der Waals surface area contributed by atoms with Gasteiger partial charge in [0.25, 0.3) is 0 Å². The van der Waals surface area contributed by atoms with Gasteiger partial charge in [0.15, 0.2) is 0 Å². The highest BCUT2D eigenvalue weighted by atomic mass is 15.2. The lowest BCUT2D eigenvalue weighted by atomic mass is 10.0. The molecule has 0 fully saturated rings. The highest BCUT2D eigenvalue weighted by Gasteiger charge is 2.24. The Balaban J connectivity index is 0.000000136. The van der Waals surface area contributed by atoms with Gasteiger partial charge in [-0.2, -0.15) is 0 Å². The minimum Gasteiger partial charge on any atom is -0.307 e. The average molecular weight is 1050 g/mol. The summed E-state index contributed by atoms with van der Waals surface area (Å²) in [7, 11) is 0. The van der Waals surface area contributed by atoms with Gasteiger partial charge in [0.2, 0.25) is 5.95 Å². The molecule has 82 heavy (non-hydrogen) atoms. The third-order valence-corrected chi connectivity index (χ3v) is 16.3. The number of fused-ring (bicyclic) bond motifs is 14. The van der Waals surface area contributed by atoms with Crippen LogP contribution in [-0.4, -0.2) is 28.2 Å². The molecule has 6 heteroatoms. The zero-order chi connectivity index (χ0) is 54.1. The molecule has 17 aromatic rings. The summed E-state index contributed by atoms with van der Waals surface area (Å²) < 4.78 is 9.53. The van der Waals surface area contributed by atoms with E-state index in [1.807, 2.05) is 30.6 Å². The smallest absolute Gasteiger partial charge is 0.234 e. The van der Waals surface area contributed by atoms with Crippen molar-refractivity contribution < 1.29 is 0 Å². The Labute approximate surface area is 472 Å². The average Bonchev–Trinajstić information content (AvgIpc) is 2.96. The molecule has 0 saturated carbocycles. The summed E-state index contributed by atoms with van der Waals surface area (Å²) in [6, 6.07) is 104. The number of hydrogen-bond acceptors (Lipinski definition) is 2. The van der Waals surface area contributed by atoms with Gasteiger partial charge in [-0.15, -0.1) is 0 Å². The van der Waals surface area contributed by atoms with Crippen LogP contribution in [0.5, 0.6) is 0 Å². The number of rotatable bonds is 7. The molecule has 6 nitrogen and oxygen atoms in total. The summed E-state index contributed by atoms with van der Waals surface area (Å²) in [6.07, 6.45) is 3.84. The van der Waals surface area contributed by atoms with E-state index in [0.29, 0.717) is 5.95 Å². The Kier molecular flexibility index (Phi) is 11.1. The highest BCUT2D eigenvalue weighted by Crippen LogP contribution is 2.44. The van der Waals surface area contributed by atoms with Crippen molar-refractivity contribution >= 4 is 87.2 Å². The van der Waals surface area contributed by atoms with Gasteiger partial charge in [-0.1, -0.05) is 231 Å².